The van der Waals surface area contributed by atoms with Crippen molar-refractivity contribution in [2.24, 2.45) is 0 Å². The summed E-state index contributed by atoms with van der Waals surface area (Å²) in [5, 5.41) is 0. The second-order valence-corrected chi connectivity index (χ2v) is 5.08. The van der Waals surface area contributed by atoms with Crippen LogP contribution >= 0.6 is 0 Å². The monoisotopic (exact) mass is 441 g/mol. The van der Waals surface area contributed by atoms with Crippen molar-refractivity contribution < 1.29 is 70.6 Å². The van der Waals surface area contributed by atoms with Crippen molar-refractivity contribution in [2.75, 3.05) is 6.61 Å². The molecule has 0 aliphatic carbocycles. The van der Waals surface area contributed by atoms with Gasteiger partial charge in [-0.1, -0.05) is 0 Å². The summed E-state index contributed by atoms with van der Waals surface area (Å²) in [6.07, 6.45) is -11.7. The van der Waals surface area contributed by atoms with Crippen molar-refractivity contribution in [3.05, 3.63) is 0 Å². The molecule has 17 heteroatoms. The third-order valence-corrected chi connectivity index (χ3v) is 3.38. The van der Waals surface area contributed by atoms with E-state index in [0.717, 1.165) is 0 Å². The minimum absolute atomic E-state index is 0.546. The van der Waals surface area contributed by atoms with Gasteiger partial charge in [-0.25, -0.2) is 4.39 Å². The lowest BCUT2D eigenvalue weighted by Crippen LogP contribution is -2.70. The molecule has 0 amide bonds. The molecule has 1 rings (SSSR count). The van der Waals surface area contributed by atoms with E-state index >= 15 is 0 Å². The van der Waals surface area contributed by atoms with E-state index in [1.807, 2.05) is 0 Å². The molecule has 1 aliphatic heterocycles. The highest BCUT2D eigenvalue weighted by Gasteiger charge is 2.97. The van der Waals surface area contributed by atoms with Crippen LogP contribution in [0.3, 0.4) is 0 Å². The lowest BCUT2D eigenvalue weighted by Gasteiger charge is -2.41. The third-order valence-electron chi connectivity index (χ3n) is 3.38. The summed E-state index contributed by atoms with van der Waals surface area (Å²) < 4.78 is 202. The molecule has 0 N–H and O–H groups in total. The maximum atomic E-state index is 13.6. The number of nitrogens with zero attached hydrogens (tertiary/aromatic N) is 1. The second-order valence-electron chi connectivity index (χ2n) is 5.08. The molecule has 1 saturated heterocycles. The quantitative estimate of drug-likeness (QED) is 0.452. The molecular formula is C10H6F15NO. The molecule has 1 atom stereocenters. The summed E-state index contributed by atoms with van der Waals surface area (Å²) >= 11 is 0. The number of halogens is 15. The summed E-state index contributed by atoms with van der Waals surface area (Å²) in [6.45, 7) is -0.859. The third kappa shape index (κ3) is 2.66. The molecule has 1 unspecified atom stereocenters. The highest BCUT2D eigenvalue weighted by molar-refractivity contribution is 5.16. The van der Waals surface area contributed by atoms with E-state index in [0.29, 0.717) is 6.92 Å². The zero-order valence-electron chi connectivity index (χ0n) is 12.3. The van der Waals surface area contributed by atoms with Gasteiger partial charge in [0, 0.05) is 0 Å². The van der Waals surface area contributed by atoms with Gasteiger partial charge in [-0.05, 0) is 6.92 Å². The standard InChI is InChI=1S/C10H6F15NO/c1-2-27-4(12,13)3(11)26-9(22,23)7(18,19)5(14,15)6(16,17)8(20,21)10(26,24)25/h3H,2H2,1H3. The average Bonchev–Trinajstić information content (AvgIpc) is 2.45. The van der Waals surface area contributed by atoms with Crippen LogP contribution in [0.25, 0.3) is 0 Å². The van der Waals surface area contributed by atoms with Crippen molar-refractivity contribution in [2.45, 2.75) is 55.1 Å². The van der Waals surface area contributed by atoms with Crippen LogP contribution in [-0.2, 0) is 4.74 Å². The van der Waals surface area contributed by atoms with Crippen molar-refractivity contribution in [1.82, 2.24) is 4.90 Å². The predicted octanol–water partition coefficient (Wildman–Crippen LogP) is 4.95. The Morgan fingerprint density at radius 3 is 1.26 bits per heavy atom. The first-order valence-corrected chi connectivity index (χ1v) is 6.31. The predicted molar refractivity (Wildman–Crippen MR) is 53.0 cm³/mol. The van der Waals surface area contributed by atoms with Crippen LogP contribution in [0.4, 0.5) is 65.9 Å². The van der Waals surface area contributed by atoms with Crippen molar-refractivity contribution >= 4 is 0 Å². The molecule has 0 spiro atoms. The fourth-order valence-corrected chi connectivity index (χ4v) is 1.95. The van der Waals surface area contributed by atoms with E-state index in [-0.39, 0.29) is 0 Å². The minimum atomic E-state index is -7.92. The van der Waals surface area contributed by atoms with Crippen LogP contribution in [0.1, 0.15) is 6.92 Å². The number of hydrogen-bond acceptors (Lipinski definition) is 2. The number of hydrogen-bond donors (Lipinski definition) is 0. The van der Waals surface area contributed by atoms with E-state index in [4.69, 9.17) is 0 Å². The molecule has 0 aromatic heterocycles. The molecular weight excluding hydrogens is 435 g/mol. The summed E-state index contributed by atoms with van der Waals surface area (Å²) in [5.41, 5.74) is 0. The average molecular weight is 441 g/mol. The van der Waals surface area contributed by atoms with Gasteiger partial charge < -0.3 is 4.74 Å². The normalized spacial score (nSPS) is 29.8. The van der Waals surface area contributed by atoms with Gasteiger partial charge >= 0.3 is 41.9 Å². The lowest BCUT2D eigenvalue weighted by atomic mass is 9.99. The molecule has 1 aliphatic rings. The summed E-state index contributed by atoms with van der Waals surface area (Å²) in [5.74, 6) is -31.6. The van der Waals surface area contributed by atoms with Crippen LogP contribution in [0.5, 0.6) is 0 Å². The van der Waals surface area contributed by atoms with Gasteiger partial charge in [0.05, 0.1) is 6.61 Å². The van der Waals surface area contributed by atoms with Crippen LogP contribution in [0.2, 0.25) is 0 Å². The Morgan fingerprint density at radius 1 is 0.704 bits per heavy atom. The van der Waals surface area contributed by atoms with Gasteiger partial charge in [0.2, 0.25) is 0 Å². The molecule has 0 aromatic rings. The summed E-state index contributed by atoms with van der Waals surface area (Å²) in [4.78, 5) is -3.73. The van der Waals surface area contributed by atoms with Crippen LogP contribution < -0.4 is 0 Å². The number of rotatable bonds is 4. The summed E-state index contributed by atoms with van der Waals surface area (Å²) in [6, 6.07) is -15.3. The van der Waals surface area contributed by atoms with E-state index in [1.54, 1.807) is 0 Å². The van der Waals surface area contributed by atoms with Crippen LogP contribution in [0, 0.1) is 0 Å². The van der Waals surface area contributed by atoms with E-state index in [9.17, 15) is 65.9 Å². The summed E-state index contributed by atoms with van der Waals surface area (Å²) in [7, 11) is 0. The Morgan fingerprint density at radius 2 is 1.00 bits per heavy atom. The number of ether oxygens (including phenoxy) is 1. The molecule has 2 nitrogen and oxygen atoms in total. The fraction of sp³-hybridized carbons (Fsp3) is 1.00. The van der Waals surface area contributed by atoms with Crippen LogP contribution in [-0.4, -0.2) is 59.7 Å². The Kier molecular flexibility index (Phi) is 5.25. The van der Waals surface area contributed by atoms with E-state index in [1.165, 1.54) is 0 Å². The first-order chi connectivity index (χ1) is 11.6. The smallest absolute Gasteiger partial charge is 0.317 e. The van der Waals surface area contributed by atoms with Gasteiger partial charge in [0.1, 0.15) is 0 Å². The Bertz CT molecular complexity index is 535. The van der Waals surface area contributed by atoms with Crippen molar-refractivity contribution in [3.8, 4) is 0 Å². The molecule has 162 valence electrons. The minimum Gasteiger partial charge on any atom is -0.317 e. The molecule has 27 heavy (non-hydrogen) atoms. The fourth-order valence-electron chi connectivity index (χ4n) is 1.95. The second kappa shape index (κ2) is 5.93. The van der Waals surface area contributed by atoms with E-state index < -0.39 is 59.7 Å². The maximum absolute atomic E-state index is 13.6. The maximum Gasteiger partial charge on any atom is 0.400 e. The van der Waals surface area contributed by atoms with Crippen molar-refractivity contribution in [3.63, 3.8) is 0 Å². The zero-order valence-corrected chi connectivity index (χ0v) is 12.3. The molecule has 0 bridgehead atoms. The first-order valence-electron chi connectivity index (χ1n) is 6.31. The van der Waals surface area contributed by atoms with Gasteiger partial charge in [-0.3, -0.25) is 0 Å². The van der Waals surface area contributed by atoms with Crippen LogP contribution in [0.15, 0.2) is 0 Å². The molecule has 1 fully saturated rings. The van der Waals surface area contributed by atoms with Gasteiger partial charge in [-0.2, -0.15) is 61.5 Å². The molecule has 0 radical (unpaired) electrons. The highest BCUT2D eigenvalue weighted by atomic mass is 19.4. The Hall–Kier alpha value is -1.13. The Balaban J connectivity index is 3.92. The van der Waals surface area contributed by atoms with E-state index in [2.05, 4.69) is 4.74 Å². The SMILES string of the molecule is CCOC(F)(F)C(F)N1C(F)(F)C(F)(F)C(F)(F)C(F)(F)C(F)(F)C1(F)F. The van der Waals surface area contributed by atoms with Gasteiger partial charge in [0.15, 0.2) is 0 Å². The number of alkyl halides is 15. The largest absolute Gasteiger partial charge is 0.400 e. The first kappa shape index (κ1) is 23.9. The highest BCUT2D eigenvalue weighted by Crippen LogP contribution is 2.66. The topological polar surface area (TPSA) is 12.5 Å². The Labute approximate surface area is 138 Å². The van der Waals surface area contributed by atoms with Crippen molar-refractivity contribution in [1.29, 1.82) is 0 Å². The van der Waals surface area contributed by atoms with Gasteiger partial charge in [-0.15, -0.1) is 4.90 Å². The molecule has 0 saturated carbocycles. The zero-order chi connectivity index (χ0) is 22.1. The molecule has 0 aromatic carbocycles. The number of likely N-dealkylation sites (tertiary alicyclic amines) is 1. The van der Waals surface area contributed by atoms with Gasteiger partial charge in [0.25, 0.3) is 6.30 Å². The lowest BCUT2D eigenvalue weighted by molar-refractivity contribution is -0.438. The molecule has 1 heterocycles.